The summed E-state index contributed by atoms with van der Waals surface area (Å²) in [5, 5.41) is 6.86. The van der Waals surface area contributed by atoms with E-state index in [1.807, 2.05) is 17.5 Å². The molecular weight excluding hydrogens is 308 g/mol. The zero-order valence-electron chi connectivity index (χ0n) is 11.8. The predicted octanol–water partition coefficient (Wildman–Crippen LogP) is 3.64. The molecule has 0 radical (unpaired) electrons. The zero-order valence-corrected chi connectivity index (χ0v) is 13.3. The molecule has 1 aliphatic rings. The molecular formula is C15H17ClN2O2S. The van der Waals surface area contributed by atoms with Gasteiger partial charge in [-0.25, -0.2) is 4.98 Å². The lowest BCUT2D eigenvalue weighted by atomic mass is 10.2. The maximum Gasteiger partial charge on any atom is 0.180 e. The lowest BCUT2D eigenvalue weighted by molar-refractivity contribution is 0.284. The predicted molar refractivity (Wildman–Crippen MR) is 84.3 cm³/mol. The highest BCUT2D eigenvalue weighted by atomic mass is 35.5. The Morgan fingerprint density at radius 1 is 1.43 bits per heavy atom. The summed E-state index contributed by atoms with van der Waals surface area (Å²) in [6, 6.07) is 4.56. The van der Waals surface area contributed by atoms with E-state index in [1.165, 1.54) is 12.8 Å². The number of methoxy groups -OCH3 is 1. The number of nitrogens with zero attached hydrogens (tertiary/aromatic N) is 1. The molecule has 1 aliphatic carbocycles. The van der Waals surface area contributed by atoms with Crippen molar-refractivity contribution < 1.29 is 9.47 Å². The van der Waals surface area contributed by atoms with Crippen LogP contribution in [0.5, 0.6) is 11.5 Å². The summed E-state index contributed by atoms with van der Waals surface area (Å²) in [5.41, 5.74) is 1.10. The molecule has 0 aliphatic heterocycles. The summed E-state index contributed by atoms with van der Waals surface area (Å²) in [7, 11) is 1.63. The molecule has 1 heterocycles. The Bertz CT molecular complexity index is 600. The second-order valence-corrected chi connectivity index (χ2v) is 6.37. The summed E-state index contributed by atoms with van der Waals surface area (Å²) in [5.74, 6) is 1.23. The Morgan fingerprint density at radius 2 is 2.29 bits per heavy atom. The van der Waals surface area contributed by atoms with E-state index in [9.17, 15) is 0 Å². The smallest absolute Gasteiger partial charge is 0.180 e. The van der Waals surface area contributed by atoms with E-state index >= 15 is 0 Å². The molecule has 6 heteroatoms. The van der Waals surface area contributed by atoms with Crippen molar-refractivity contribution in [2.45, 2.75) is 32.0 Å². The maximum absolute atomic E-state index is 6.33. The summed E-state index contributed by atoms with van der Waals surface area (Å²) in [6.07, 6.45) is 4.29. The van der Waals surface area contributed by atoms with Crippen LogP contribution in [-0.2, 0) is 13.2 Å². The Hall–Kier alpha value is -1.30. The molecule has 0 saturated heterocycles. The molecule has 0 amide bonds. The third kappa shape index (κ3) is 3.87. The number of hydrogen-bond donors (Lipinski definition) is 1. The first-order chi connectivity index (χ1) is 10.3. The molecule has 3 rings (SSSR count). The number of halogens is 1. The van der Waals surface area contributed by atoms with Gasteiger partial charge in [0.25, 0.3) is 0 Å². The van der Waals surface area contributed by atoms with Gasteiger partial charge in [0.1, 0.15) is 11.6 Å². The van der Waals surface area contributed by atoms with Gasteiger partial charge in [-0.1, -0.05) is 11.6 Å². The average molecular weight is 325 g/mol. The summed E-state index contributed by atoms with van der Waals surface area (Å²) in [4.78, 5) is 4.19. The normalized spacial score (nSPS) is 14.2. The SMILES string of the molecule is COc1cc(CNC2CC2)cc(Cl)c1OCc1nccs1. The summed E-state index contributed by atoms with van der Waals surface area (Å²) in [6.45, 7) is 1.20. The number of ether oxygens (including phenoxy) is 2. The van der Waals surface area contributed by atoms with E-state index < -0.39 is 0 Å². The topological polar surface area (TPSA) is 43.4 Å². The standard InChI is InChI=1S/C15H17ClN2O2S/c1-19-13-7-10(8-18-11-2-3-11)6-12(16)15(13)20-9-14-17-4-5-21-14/h4-7,11,18H,2-3,8-9H2,1H3. The molecule has 1 aromatic heterocycles. The summed E-state index contributed by atoms with van der Waals surface area (Å²) < 4.78 is 11.2. The van der Waals surface area contributed by atoms with Crippen molar-refractivity contribution in [2.24, 2.45) is 0 Å². The third-order valence-electron chi connectivity index (χ3n) is 3.28. The average Bonchev–Trinajstić information content (AvgIpc) is 3.17. The van der Waals surface area contributed by atoms with Crippen LogP contribution in [0.1, 0.15) is 23.4 Å². The highest BCUT2D eigenvalue weighted by Gasteiger charge is 2.20. The lowest BCUT2D eigenvalue weighted by Crippen LogP contribution is -2.15. The van der Waals surface area contributed by atoms with Crippen LogP contribution in [0.15, 0.2) is 23.7 Å². The van der Waals surface area contributed by atoms with Crippen LogP contribution < -0.4 is 14.8 Å². The Labute approximate surface area is 133 Å². The van der Waals surface area contributed by atoms with Crippen LogP contribution in [0.4, 0.5) is 0 Å². The number of hydrogen-bond acceptors (Lipinski definition) is 5. The minimum Gasteiger partial charge on any atom is -0.493 e. The van der Waals surface area contributed by atoms with Gasteiger partial charge >= 0.3 is 0 Å². The van der Waals surface area contributed by atoms with E-state index in [2.05, 4.69) is 10.3 Å². The van der Waals surface area contributed by atoms with E-state index in [0.29, 0.717) is 29.2 Å². The fraction of sp³-hybridized carbons (Fsp3) is 0.400. The molecule has 1 aromatic carbocycles. The highest BCUT2D eigenvalue weighted by Crippen LogP contribution is 2.37. The number of nitrogens with one attached hydrogen (secondary N) is 1. The molecule has 2 aromatic rings. The van der Waals surface area contributed by atoms with E-state index in [-0.39, 0.29) is 0 Å². The quantitative estimate of drug-likeness (QED) is 0.844. The van der Waals surface area contributed by atoms with Crippen LogP contribution in [0.25, 0.3) is 0 Å². The molecule has 0 spiro atoms. The Morgan fingerprint density at radius 3 is 2.95 bits per heavy atom. The van der Waals surface area contributed by atoms with Crippen molar-refractivity contribution in [3.05, 3.63) is 39.3 Å². The van der Waals surface area contributed by atoms with Crippen LogP contribution in [0.2, 0.25) is 5.02 Å². The number of benzene rings is 1. The van der Waals surface area contributed by atoms with Gasteiger partial charge in [0.05, 0.1) is 12.1 Å². The van der Waals surface area contributed by atoms with Crippen molar-refractivity contribution in [1.82, 2.24) is 10.3 Å². The maximum atomic E-state index is 6.33. The van der Waals surface area contributed by atoms with Crippen molar-refractivity contribution in [3.63, 3.8) is 0 Å². The molecule has 21 heavy (non-hydrogen) atoms. The minimum absolute atomic E-state index is 0.396. The number of rotatable bonds is 7. The Kier molecular flexibility index (Phi) is 4.63. The van der Waals surface area contributed by atoms with Gasteiger partial charge in [-0.3, -0.25) is 0 Å². The van der Waals surface area contributed by atoms with Crippen molar-refractivity contribution >= 4 is 22.9 Å². The van der Waals surface area contributed by atoms with E-state index in [1.54, 1.807) is 24.6 Å². The largest absolute Gasteiger partial charge is 0.493 e. The minimum atomic E-state index is 0.396. The van der Waals surface area contributed by atoms with Gasteiger partial charge < -0.3 is 14.8 Å². The van der Waals surface area contributed by atoms with Gasteiger partial charge in [0.2, 0.25) is 0 Å². The van der Waals surface area contributed by atoms with E-state index in [0.717, 1.165) is 17.1 Å². The first kappa shape index (κ1) is 14.6. The summed E-state index contributed by atoms with van der Waals surface area (Å²) >= 11 is 7.89. The van der Waals surface area contributed by atoms with Gasteiger partial charge in [-0.2, -0.15) is 0 Å². The van der Waals surface area contributed by atoms with E-state index in [4.69, 9.17) is 21.1 Å². The van der Waals surface area contributed by atoms with Crippen LogP contribution in [0.3, 0.4) is 0 Å². The van der Waals surface area contributed by atoms with Crippen LogP contribution in [-0.4, -0.2) is 18.1 Å². The first-order valence-corrected chi connectivity index (χ1v) is 8.13. The monoisotopic (exact) mass is 324 g/mol. The second kappa shape index (κ2) is 6.64. The number of thiazole rings is 1. The molecule has 4 nitrogen and oxygen atoms in total. The van der Waals surface area contributed by atoms with Crippen LogP contribution in [0, 0.1) is 0 Å². The van der Waals surface area contributed by atoms with Gasteiger partial charge in [-0.05, 0) is 30.5 Å². The molecule has 0 bridgehead atoms. The van der Waals surface area contributed by atoms with Gasteiger partial charge in [-0.15, -0.1) is 11.3 Å². The fourth-order valence-corrected chi connectivity index (χ4v) is 2.84. The van der Waals surface area contributed by atoms with Crippen molar-refractivity contribution in [3.8, 4) is 11.5 Å². The van der Waals surface area contributed by atoms with Crippen LogP contribution >= 0.6 is 22.9 Å². The first-order valence-electron chi connectivity index (χ1n) is 6.87. The lowest BCUT2D eigenvalue weighted by Gasteiger charge is -2.14. The molecule has 1 N–H and O–H groups in total. The third-order valence-corrected chi connectivity index (χ3v) is 4.32. The molecule has 0 atom stereocenters. The molecule has 1 saturated carbocycles. The molecule has 1 fully saturated rings. The zero-order chi connectivity index (χ0) is 14.7. The number of aromatic nitrogens is 1. The highest BCUT2D eigenvalue weighted by molar-refractivity contribution is 7.09. The Balaban J connectivity index is 1.71. The molecule has 112 valence electrons. The second-order valence-electron chi connectivity index (χ2n) is 4.98. The fourth-order valence-electron chi connectivity index (χ4n) is 2.02. The molecule has 0 unspecified atom stereocenters. The van der Waals surface area contributed by atoms with Crippen molar-refractivity contribution in [1.29, 1.82) is 0 Å². The van der Waals surface area contributed by atoms with Gasteiger partial charge in [0, 0.05) is 24.2 Å². The van der Waals surface area contributed by atoms with Gasteiger partial charge in [0.15, 0.2) is 11.5 Å². The van der Waals surface area contributed by atoms with Crippen molar-refractivity contribution in [2.75, 3.05) is 7.11 Å².